The Morgan fingerprint density at radius 2 is 1.83 bits per heavy atom. The largest absolute Gasteiger partial charge is 0.494 e. The third kappa shape index (κ3) is 7.19. The second-order valence-electron chi connectivity index (χ2n) is 7.09. The molecule has 0 unspecified atom stereocenters. The van der Waals surface area contributed by atoms with Crippen molar-refractivity contribution in [3.05, 3.63) is 54.1 Å². The summed E-state index contributed by atoms with van der Waals surface area (Å²) in [6, 6.07) is 14.2. The third-order valence-electron chi connectivity index (χ3n) is 4.27. The van der Waals surface area contributed by atoms with Gasteiger partial charge in [-0.15, -0.1) is 0 Å². The lowest BCUT2D eigenvalue weighted by Gasteiger charge is -2.16. The fourth-order valence-electron chi connectivity index (χ4n) is 2.43. The van der Waals surface area contributed by atoms with E-state index in [4.69, 9.17) is 17.0 Å². The van der Waals surface area contributed by atoms with Crippen LogP contribution in [0.3, 0.4) is 0 Å². The van der Waals surface area contributed by atoms with E-state index in [0.717, 1.165) is 12.1 Å². The number of nitrogens with one attached hydrogen (secondary N) is 2. The van der Waals surface area contributed by atoms with Crippen LogP contribution in [0.5, 0.6) is 5.75 Å². The van der Waals surface area contributed by atoms with Crippen molar-refractivity contribution < 1.29 is 14.3 Å². The molecule has 2 aromatic rings. The molecule has 0 aliphatic carbocycles. The fourth-order valence-corrected chi connectivity index (χ4v) is 2.64. The first-order valence-electron chi connectivity index (χ1n) is 9.46. The van der Waals surface area contributed by atoms with Gasteiger partial charge in [-0.3, -0.25) is 14.9 Å². The Balaban J connectivity index is 1.92. The number of nitrogens with zero attached hydrogens (tertiary/aromatic N) is 1. The molecule has 2 aromatic carbocycles. The lowest BCUT2D eigenvalue weighted by atomic mass is 10.1. The van der Waals surface area contributed by atoms with Crippen molar-refractivity contribution in [2.75, 3.05) is 23.9 Å². The van der Waals surface area contributed by atoms with E-state index in [0.29, 0.717) is 29.5 Å². The Morgan fingerprint density at radius 3 is 2.45 bits per heavy atom. The van der Waals surface area contributed by atoms with Gasteiger partial charge >= 0.3 is 0 Å². The molecule has 0 fully saturated rings. The predicted octanol–water partition coefficient (Wildman–Crippen LogP) is 4.22. The van der Waals surface area contributed by atoms with E-state index in [1.54, 1.807) is 54.4 Å². The summed E-state index contributed by atoms with van der Waals surface area (Å²) in [5.74, 6) is 0.845. The van der Waals surface area contributed by atoms with Crippen molar-refractivity contribution in [2.45, 2.75) is 27.2 Å². The number of thiocarbonyl (C=S) groups is 1. The molecule has 0 bridgehead atoms. The summed E-state index contributed by atoms with van der Waals surface area (Å²) in [6.07, 6.45) is 0.950. The van der Waals surface area contributed by atoms with Crippen molar-refractivity contribution in [3.8, 4) is 5.75 Å². The molecule has 0 aliphatic rings. The average molecular weight is 414 g/mol. The van der Waals surface area contributed by atoms with Crippen LogP contribution in [0.2, 0.25) is 0 Å². The fraction of sp³-hybridized carbons (Fsp3) is 0.318. The zero-order valence-electron chi connectivity index (χ0n) is 17.2. The SMILES string of the molecule is CC(=O)N(C)c1ccc(NC(=S)NC(=O)c2cccc(OCCC(C)C)c2)cc1. The van der Waals surface area contributed by atoms with Crippen LogP contribution >= 0.6 is 12.2 Å². The summed E-state index contributed by atoms with van der Waals surface area (Å²) >= 11 is 5.23. The monoisotopic (exact) mass is 413 g/mol. The maximum absolute atomic E-state index is 12.5. The van der Waals surface area contributed by atoms with Crippen LogP contribution in [0, 0.1) is 5.92 Å². The first-order chi connectivity index (χ1) is 13.8. The van der Waals surface area contributed by atoms with E-state index in [9.17, 15) is 9.59 Å². The van der Waals surface area contributed by atoms with E-state index in [1.165, 1.54) is 6.92 Å². The van der Waals surface area contributed by atoms with Gasteiger partial charge in [0.2, 0.25) is 5.91 Å². The van der Waals surface area contributed by atoms with Crippen LogP contribution in [-0.4, -0.2) is 30.6 Å². The number of hydrogen-bond acceptors (Lipinski definition) is 4. The van der Waals surface area contributed by atoms with E-state index in [1.807, 2.05) is 6.07 Å². The number of rotatable bonds is 7. The van der Waals surface area contributed by atoms with Crippen LogP contribution < -0.4 is 20.3 Å². The van der Waals surface area contributed by atoms with Crippen molar-refractivity contribution in [2.24, 2.45) is 5.92 Å². The van der Waals surface area contributed by atoms with Crippen molar-refractivity contribution in [1.29, 1.82) is 0 Å². The summed E-state index contributed by atoms with van der Waals surface area (Å²) in [6.45, 7) is 6.38. The number of benzene rings is 2. The van der Waals surface area contributed by atoms with E-state index in [2.05, 4.69) is 24.5 Å². The summed E-state index contributed by atoms with van der Waals surface area (Å²) in [7, 11) is 1.70. The Labute approximate surface area is 177 Å². The average Bonchev–Trinajstić information content (AvgIpc) is 2.67. The molecule has 0 aliphatic heterocycles. The van der Waals surface area contributed by atoms with E-state index < -0.39 is 0 Å². The molecule has 0 aromatic heterocycles. The molecule has 0 spiro atoms. The molecule has 2 N–H and O–H groups in total. The zero-order chi connectivity index (χ0) is 21.4. The summed E-state index contributed by atoms with van der Waals surface area (Å²) in [4.78, 5) is 25.4. The highest BCUT2D eigenvalue weighted by molar-refractivity contribution is 7.80. The normalized spacial score (nSPS) is 10.4. The van der Waals surface area contributed by atoms with Gasteiger partial charge < -0.3 is 15.0 Å². The van der Waals surface area contributed by atoms with Gasteiger partial charge in [0.25, 0.3) is 5.91 Å². The van der Waals surface area contributed by atoms with Gasteiger partial charge in [-0.1, -0.05) is 19.9 Å². The van der Waals surface area contributed by atoms with Crippen molar-refractivity contribution in [3.63, 3.8) is 0 Å². The van der Waals surface area contributed by atoms with Crippen LogP contribution in [0.1, 0.15) is 37.6 Å². The number of ether oxygens (including phenoxy) is 1. The molecule has 0 saturated heterocycles. The summed E-state index contributed by atoms with van der Waals surface area (Å²) in [5.41, 5.74) is 1.95. The van der Waals surface area contributed by atoms with Crippen molar-refractivity contribution in [1.82, 2.24) is 5.32 Å². The number of amides is 2. The Morgan fingerprint density at radius 1 is 1.14 bits per heavy atom. The molecule has 6 nitrogen and oxygen atoms in total. The number of carbonyl (C=O) groups excluding carboxylic acids is 2. The van der Waals surface area contributed by atoms with E-state index >= 15 is 0 Å². The summed E-state index contributed by atoms with van der Waals surface area (Å²) in [5, 5.41) is 5.82. The quantitative estimate of drug-likeness (QED) is 0.665. The molecule has 2 rings (SSSR count). The van der Waals surface area contributed by atoms with Crippen LogP contribution in [0.25, 0.3) is 0 Å². The highest BCUT2D eigenvalue weighted by Gasteiger charge is 2.10. The Kier molecular flexibility index (Phi) is 8.15. The van der Waals surface area contributed by atoms with Crippen LogP contribution in [-0.2, 0) is 4.79 Å². The minimum atomic E-state index is -0.315. The first-order valence-corrected chi connectivity index (χ1v) is 9.86. The van der Waals surface area contributed by atoms with Crippen LogP contribution in [0.15, 0.2) is 48.5 Å². The van der Waals surface area contributed by atoms with Gasteiger partial charge in [-0.2, -0.15) is 0 Å². The molecule has 0 radical (unpaired) electrons. The molecular weight excluding hydrogens is 386 g/mol. The number of hydrogen-bond donors (Lipinski definition) is 2. The first kappa shape index (κ1) is 22.4. The second kappa shape index (κ2) is 10.6. The minimum absolute atomic E-state index is 0.0519. The highest BCUT2D eigenvalue weighted by Crippen LogP contribution is 2.17. The Hall–Kier alpha value is -2.93. The second-order valence-corrected chi connectivity index (χ2v) is 7.50. The topological polar surface area (TPSA) is 70.7 Å². The summed E-state index contributed by atoms with van der Waals surface area (Å²) < 4.78 is 5.70. The zero-order valence-corrected chi connectivity index (χ0v) is 18.0. The molecule has 29 heavy (non-hydrogen) atoms. The van der Waals surface area contributed by atoms with Gasteiger partial charge in [0.1, 0.15) is 5.75 Å². The minimum Gasteiger partial charge on any atom is -0.494 e. The number of carbonyl (C=O) groups is 2. The van der Waals surface area contributed by atoms with Gasteiger partial charge in [0.15, 0.2) is 5.11 Å². The smallest absolute Gasteiger partial charge is 0.257 e. The lowest BCUT2D eigenvalue weighted by molar-refractivity contribution is -0.116. The van der Waals surface area contributed by atoms with Gasteiger partial charge in [-0.05, 0) is 67.0 Å². The molecule has 0 atom stereocenters. The standard InChI is InChI=1S/C22H27N3O3S/c1-15(2)12-13-28-20-7-5-6-17(14-20)21(27)24-22(29)23-18-8-10-19(11-9-18)25(4)16(3)26/h5-11,14-15H,12-13H2,1-4H3,(H2,23,24,27,29). The lowest BCUT2D eigenvalue weighted by Crippen LogP contribution is -2.34. The maximum atomic E-state index is 12.5. The van der Waals surface area contributed by atoms with Gasteiger partial charge in [0.05, 0.1) is 6.61 Å². The van der Waals surface area contributed by atoms with Crippen molar-refractivity contribution >= 4 is 40.5 Å². The van der Waals surface area contributed by atoms with Gasteiger partial charge in [0, 0.05) is 30.9 Å². The molecule has 0 heterocycles. The molecule has 154 valence electrons. The molecule has 7 heteroatoms. The van der Waals surface area contributed by atoms with E-state index in [-0.39, 0.29) is 16.9 Å². The molecule has 0 saturated carbocycles. The Bertz CT molecular complexity index is 866. The third-order valence-corrected chi connectivity index (χ3v) is 4.48. The van der Waals surface area contributed by atoms with Crippen LogP contribution in [0.4, 0.5) is 11.4 Å². The number of anilines is 2. The molecular formula is C22H27N3O3S. The molecule has 2 amide bonds. The predicted molar refractivity (Wildman–Crippen MR) is 121 cm³/mol. The highest BCUT2D eigenvalue weighted by atomic mass is 32.1. The maximum Gasteiger partial charge on any atom is 0.257 e. The van der Waals surface area contributed by atoms with Gasteiger partial charge in [-0.25, -0.2) is 0 Å².